The molecule has 2 N–H and O–H groups in total. The van der Waals surface area contributed by atoms with Crippen LogP contribution in [-0.4, -0.2) is 10.6 Å². The number of hydrogen-bond donors (Lipinski definition) is 2. The molecule has 1 aromatic carbocycles. The third-order valence-corrected chi connectivity index (χ3v) is 3.15. The predicted octanol–water partition coefficient (Wildman–Crippen LogP) is 3.62. The van der Waals surface area contributed by atoms with Crippen molar-refractivity contribution in [1.29, 1.82) is 0 Å². The standard InChI is InChI=1S/C14H23NO/c1-5-13(15-14(3,4)6-2)11-7-9-12(16)10-8-11/h7-10,13,15-16H,5-6H2,1-4H3. The van der Waals surface area contributed by atoms with Crippen LogP contribution in [0.2, 0.25) is 0 Å². The highest BCUT2D eigenvalue weighted by Gasteiger charge is 2.19. The minimum atomic E-state index is 0.151. The Kier molecular flexibility index (Phi) is 4.36. The quantitative estimate of drug-likeness (QED) is 0.796. The van der Waals surface area contributed by atoms with Gasteiger partial charge < -0.3 is 10.4 Å². The Morgan fingerprint density at radius 1 is 1.19 bits per heavy atom. The maximum absolute atomic E-state index is 9.27. The summed E-state index contributed by atoms with van der Waals surface area (Å²) in [4.78, 5) is 0. The lowest BCUT2D eigenvalue weighted by molar-refractivity contribution is 0.321. The van der Waals surface area contributed by atoms with E-state index in [4.69, 9.17) is 0 Å². The van der Waals surface area contributed by atoms with Crippen LogP contribution in [0.4, 0.5) is 0 Å². The van der Waals surface area contributed by atoms with Gasteiger partial charge in [-0.1, -0.05) is 26.0 Å². The average Bonchev–Trinajstić information content (AvgIpc) is 2.27. The summed E-state index contributed by atoms with van der Waals surface area (Å²) in [6.45, 7) is 8.80. The van der Waals surface area contributed by atoms with E-state index in [1.807, 2.05) is 12.1 Å². The molecule has 0 heterocycles. The second-order valence-corrected chi connectivity index (χ2v) is 4.93. The highest BCUT2D eigenvalue weighted by molar-refractivity contribution is 5.28. The van der Waals surface area contributed by atoms with Crippen LogP contribution in [0.25, 0.3) is 0 Å². The van der Waals surface area contributed by atoms with Gasteiger partial charge in [-0.3, -0.25) is 0 Å². The molecule has 0 spiro atoms. The number of aromatic hydroxyl groups is 1. The van der Waals surface area contributed by atoms with Gasteiger partial charge in [0.05, 0.1) is 0 Å². The van der Waals surface area contributed by atoms with Crippen LogP contribution in [0.15, 0.2) is 24.3 Å². The van der Waals surface area contributed by atoms with Crippen LogP contribution in [0.1, 0.15) is 52.1 Å². The molecule has 0 aliphatic carbocycles. The molecular weight excluding hydrogens is 198 g/mol. The van der Waals surface area contributed by atoms with Gasteiger partial charge in [-0.15, -0.1) is 0 Å². The molecule has 1 atom stereocenters. The fourth-order valence-corrected chi connectivity index (χ4v) is 1.70. The molecule has 0 fully saturated rings. The van der Waals surface area contributed by atoms with Gasteiger partial charge >= 0.3 is 0 Å². The second kappa shape index (κ2) is 5.35. The van der Waals surface area contributed by atoms with E-state index in [2.05, 4.69) is 33.0 Å². The molecule has 0 aliphatic heterocycles. The first-order chi connectivity index (χ1) is 7.48. The summed E-state index contributed by atoms with van der Waals surface area (Å²) in [5.74, 6) is 0.327. The first kappa shape index (κ1) is 13.0. The number of nitrogens with one attached hydrogen (secondary N) is 1. The highest BCUT2D eigenvalue weighted by Crippen LogP contribution is 2.23. The van der Waals surface area contributed by atoms with Crippen molar-refractivity contribution in [3.05, 3.63) is 29.8 Å². The van der Waals surface area contributed by atoms with Crippen molar-refractivity contribution in [2.45, 2.75) is 52.1 Å². The maximum atomic E-state index is 9.27. The van der Waals surface area contributed by atoms with Gasteiger partial charge in [-0.05, 0) is 44.4 Å². The Hall–Kier alpha value is -1.02. The molecule has 1 aromatic rings. The lowest BCUT2D eigenvalue weighted by Crippen LogP contribution is -2.40. The molecule has 0 saturated heterocycles. The largest absolute Gasteiger partial charge is 0.508 e. The van der Waals surface area contributed by atoms with Crippen molar-refractivity contribution >= 4 is 0 Å². The zero-order chi connectivity index (χ0) is 12.2. The van der Waals surface area contributed by atoms with Crippen LogP contribution in [0.3, 0.4) is 0 Å². The molecule has 16 heavy (non-hydrogen) atoms. The van der Waals surface area contributed by atoms with E-state index in [-0.39, 0.29) is 5.54 Å². The summed E-state index contributed by atoms with van der Waals surface area (Å²) >= 11 is 0. The van der Waals surface area contributed by atoms with Crippen LogP contribution in [-0.2, 0) is 0 Å². The molecule has 90 valence electrons. The Morgan fingerprint density at radius 2 is 1.75 bits per heavy atom. The zero-order valence-corrected chi connectivity index (χ0v) is 10.7. The van der Waals surface area contributed by atoms with E-state index in [1.165, 1.54) is 5.56 Å². The molecule has 2 heteroatoms. The number of phenolic OH excluding ortho intramolecular Hbond substituents is 1. The fourth-order valence-electron chi connectivity index (χ4n) is 1.70. The van der Waals surface area contributed by atoms with Gasteiger partial charge in [0.2, 0.25) is 0 Å². The van der Waals surface area contributed by atoms with E-state index < -0.39 is 0 Å². The van der Waals surface area contributed by atoms with E-state index in [9.17, 15) is 5.11 Å². The smallest absolute Gasteiger partial charge is 0.115 e. The van der Waals surface area contributed by atoms with Crippen LogP contribution in [0, 0.1) is 0 Å². The van der Waals surface area contributed by atoms with Gasteiger partial charge in [0.15, 0.2) is 0 Å². The van der Waals surface area contributed by atoms with Crippen LogP contribution in [0.5, 0.6) is 5.75 Å². The lowest BCUT2D eigenvalue weighted by Gasteiger charge is -2.31. The van der Waals surface area contributed by atoms with Crippen molar-refractivity contribution < 1.29 is 5.11 Å². The summed E-state index contributed by atoms with van der Waals surface area (Å²) in [7, 11) is 0. The number of phenols is 1. The minimum absolute atomic E-state index is 0.151. The Morgan fingerprint density at radius 3 is 2.19 bits per heavy atom. The SMILES string of the molecule is CCC(NC(C)(C)CC)c1ccc(O)cc1. The summed E-state index contributed by atoms with van der Waals surface area (Å²) in [5, 5.41) is 12.9. The van der Waals surface area contributed by atoms with Gasteiger partial charge in [0.25, 0.3) is 0 Å². The summed E-state index contributed by atoms with van der Waals surface area (Å²) in [6.07, 6.45) is 2.15. The molecule has 0 aliphatic rings. The Bertz CT molecular complexity index is 316. The van der Waals surface area contributed by atoms with Gasteiger partial charge in [0, 0.05) is 11.6 Å². The highest BCUT2D eigenvalue weighted by atomic mass is 16.3. The summed E-state index contributed by atoms with van der Waals surface area (Å²) in [6, 6.07) is 7.83. The van der Waals surface area contributed by atoms with Crippen molar-refractivity contribution in [1.82, 2.24) is 5.32 Å². The van der Waals surface area contributed by atoms with E-state index in [1.54, 1.807) is 12.1 Å². The normalized spacial score (nSPS) is 13.8. The van der Waals surface area contributed by atoms with Gasteiger partial charge in [-0.25, -0.2) is 0 Å². The molecule has 0 radical (unpaired) electrons. The molecule has 1 unspecified atom stereocenters. The van der Waals surface area contributed by atoms with Crippen LogP contribution < -0.4 is 5.32 Å². The average molecular weight is 221 g/mol. The van der Waals surface area contributed by atoms with E-state index in [0.717, 1.165) is 12.8 Å². The summed E-state index contributed by atoms with van der Waals surface area (Å²) in [5.41, 5.74) is 1.39. The van der Waals surface area contributed by atoms with Gasteiger partial charge in [0.1, 0.15) is 5.75 Å². The monoisotopic (exact) mass is 221 g/mol. The van der Waals surface area contributed by atoms with Gasteiger partial charge in [-0.2, -0.15) is 0 Å². The molecule has 2 nitrogen and oxygen atoms in total. The van der Waals surface area contributed by atoms with Crippen molar-refractivity contribution in [3.63, 3.8) is 0 Å². The van der Waals surface area contributed by atoms with Crippen LogP contribution >= 0.6 is 0 Å². The summed E-state index contributed by atoms with van der Waals surface area (Å²) < 4.78 is 0. The number of benzene rings is 1. The Labute approximate surface area is 98.7 Å². The lowest BCUT2D eigenvalue weighted by atomic mass is 9.96. The molecule has 0 amide bonds. The zero-order valence-electron chi connectivity index (χ0n) is 10.7. The molecular formula is C14H23NO. The molecule has 0 saturated carbocycles. The first-order valence-corrected chi connectivity index (χ1v) is 6.05. The predicted molar refractivity (Wildman–Crippen MR) is 68.6 cm³/mol. The van der Waals surface area contributed by atoms with Crippen molar-refractivity contribution in [3.8, 4) is 5.75 Å². The first-order valence-electron chi connectivity index (χ1n) is 6.05. The fraction of sp³-hybridized carbons (Fsp3) is 0.571. The van der Waals surface area contributed by atoms with Crippen molar-refractivity contribution in [2.24, 2.45) is 0 Å². The van der Waals surface area contributed by atoms with E-state index >= 15 is 0 Å². The third kappa shape index (κ3) is 3.53. The molecule has 0 bridgehead atoms. The number of hydrogen-bond acceptors (Lipinski definition) is 2. The molecule has 1 rings (SSSR count). The Balaban J connectivity index is 2.78. The minimum Gasteiger partial charge on any atom is -0.508 e. The maximum Gasteiger partial charge on any atom is 0.115 e. The number of rotatable bonds is 5. The third-order valence-electron chi connectivity index (χ3n) is 3.15. The second-order valence-electron chi connectivity index (χ2n) is 4.93. The van der Waals surface area contributed by atoms with E-state index in [0.29, 0.717) is 11.8 Å². The van der Waals surface area contributed by atoms with Crippen molar-refractivity contribution in [2.75, 3.05) is 0 Å². The topological polar surface area (TPSA) is 32.3 Å². The molecule has 0 aromatic heterocycles.